The van der Waals surface area contributed by atoms with Crippen LogP contribution in [-0.2, 0) is 0 Å². The third kappa shape index (κ3) is 3.38. The van der Waals surface area contributed by atoms with Crippen molar-refractivity contribution in [1.29, 1.82) is 0 Å². The summed E-state index contributed by atoms with van der Waals surface area (Å²) in [6.45, 7) is 0. The van der Waals surface area contributed by atoms with E-state index >= 15 is 0 Å². The summed E-state index contributed by atoms with van der Waals surface area (Å²) in [7, 11) is 1.63. The Bertz CT molecular complexity index is 1210. The van der Waals surface area contributed by atoms with Gasteiger partial charge in [0.1, 0.15) is 17.3 Å². The van der Waals surface area contributed by atoms with Crippen molar-refractivity contribution in [2.45, 2.75) is 0 Å². The topological polar surface area (TPSA) is 64.3 Å². The third-order valence-corrected chi connectivity index (χ3v) is 4.45. The fraction of sp³-hybridized carbons (Fsp3) is 0.0435. The van der Waals surface area contributed by atoms with Crippen molar-refractivity contribution in [1.82, 2.24) is 9.55 Å². The van der Waals surface area contributed by atoms with Gasteiger partial charge in [0.05, 0.1) is 23.7 Å². The van der Waals surface area contributed by atoms with Crippen molar-refractivity contribution >= 4 is 23.1 Å². The first-order valence-corrected chi connectivity index (χ1v) is 8.79. The number of para-hydroxylation sites is 1. The zero-order valence-corrected chi connectivity index (χ0v) is 15.2. The number of aromatic nitrogens is 2. The van der Waals surface area contributed by atoms with Crippen molar-refractivity contribution in [3.63, 3.8) is 0 Å². The molecule has 0 amide bonds. The lowest BCUT2D eigenvalue weighted by molar-refractivity contribution is 0.415. The number of aromatic hydroxyl groups is 1. The van der Waals surface area contributed by atoms with Crippen LogP contribution in [0.15, 0.2) is 77.6 Å². The molecule has 0 aliphatic carbocycles. The van der Waals surface area contributed by atoms with Gasteiger partial charge in [-0.2, -0.15) is 0 Å². The zero-order valence-electron chi connectivity index (χ0n) is 15.2. The monoisotopic (exact) mass is 370 g/mol. The van der Waals surface area contributed by atoms with E-state index in [0.29, 0.717) is 22.4 Å². The molecular weight excluding hydrogens is 352 g/mol. The van der Waals surface area contributed by atoms with Crippen LogP contribution in [0.1, 0.15) is 11.4 Å². The first-order chi connectivity index (χ1) is 13.7. The fourth-order valence-corrected chi connectivity index (χ4v) is 3.00. The van der Waals surface area contributed by atoms with E-state index in [4.69, 9.17) is 4.74 Å². The maximum atomic E-state index is 13.1. The molecule has 0 bridgehead atoms. The number of ether oxygens (including phenoxy) is 1. The summed E-state index contributed by atoms with van der Waals surface area (Å²) >= 11 is 0. The van der Waals surface area contributed by atoms with Gasteiger partial charge in [-0.3, -0.25) is 9.36 Å². The predicted octanol–water partition coefficient (Wildman–Crippen LogP) is 4.27. The van der Waals surface area contributed by atoms with Crippen LogP contribution in [0.3, 0.4) is 0 Å². The Balaban J connectivity index is 1.87. The number of methoxy groups -OCH3 is 1. The molecule has 5 heteroatoms. The lowest BCUT2D eigenvalue weighted by Crippen LogP contribution is -2.22. The highest BCUT2D eigenvalue weighted by Gasteiger charge is 2.11. The molecule has 1 aromatic heterocycles. The second kappa shape index (κ2) is 7.40. The van der Waals surface area contributed by atoms with E-state index in [0.717, 1.165) is 11.3 Å². The molecule has 1 heterocycles. The van der Waals surface area contributed by atoms with Gasteiger partial charge in [0.15, 0.2) is 0 Å². The molecule has 0 saturated heterocycles. The Morgan fingerprint density at radius 2 is 1.64 bits per heavy atom. The second-order valence-corrected chi connectivity index (χ2v) is 6.25. The fourth-order valence-electron chi connectivity index (χ4n) is 3.00. The Labute approximate surface area is 161 Å². The van der Waals surface area contributed by atoms with Gasteiger partial charge in [0.25, 0.3) is 5.56 Å². The van der Waals surface area contributed by atoms with E-state index in [1.165, 1.54) is 0 Å². The molecule has 4 aromatic rings. The van der Waals surface area contributed by atoms with E-state index in [2.05, 4.69) is 4.98 Å². The molecule has 28 heavy (non-hydrogen) atoms. The summed E-state index contributed by atoms with van der Waals surface area (Å²) in [6, 6.07) is 21.4. The van der Waals surface area contributed by atoms with Crippen molar-refractivity contribution in [3.05, 3.63) is 94.5 Å². The summed E-state index contributed by atoms with van der Waals surface area (Å²) in [5.74, 6) is 1.42. The van der Waals surface area contributed by atoms with Crippen LogP contribution < -0.4 is 10.3 Å². The van der Waals surface area contributed by atoms with Crippen LogP contribution in [0.4, 0.5) is 0 Å². The number of nitrogens with zero attached hydrogens (tertiary/aromatic N) is 2. The Kier molecular flexibility index (Phi) is 4.64. The SMILES string of the molecule is COc1ccc(/C=C/c2nc3ccccc3c(=O)n2-c2ccc(O)cc2)cc1. The molecule has 4 rings (SSSR count). The lowest BCUT2D eigenvalue weighted by Gasteiger charge is -2.11. The van der Waals surface area contributed by atoms with Gasteiger partial charge < -0.3 is 9.84 Å². The second-order valence-electron chi connectivity index (χ2n) is 6.25. The summed E-state index contributed by atoms with van der Waals surface area (Å²) in [6.07, 6.45) is 3.70. The molecule has 0 aliphatic rings. The largest absolute Gasteiger partial charge is 0.508 e. The van der Waals surface area contributed by atoms with Crippen molar-refractivity contribution in [2.75, 3.05) is 7.11 Å². The number of rotatable bonds is 4. The zero-order chi connectivity index (χ0) is 19.5. The Morgan fingerprint density at radius 3 is 2.36 bits per heavy atom. The highest BCUT2D eigenvalue weighted by Crippen LogP contribution is 2.18. The number of benzene rings is 3. The van der Waals surface area contributed by atoms with Crippen LogP contribution >= 0.6 is 0 Å². The number of hydrogen-bond donors (Lipinski definition) is 1. The number of fused-ring (bicyclic) bond motifs is 1. The van der Waals surface area contributed by atoms with E-state index < -0.39 is 0 Å². The molecule has 0 saturated carbocycles. The summed E-state index contributed by atoms with van der Waals surface area (Å²) in [4.78, 5) is 17.8. The molecule has 0 atom stereocenters. The summed E-state index contributed by atoms with van der Waals surface area (Å²) in [5, 5.41) is 10.1. The quantitative estimate of drug-likeness (QED) is 0.583. The Morgan fingerprint density at radius 1 is 0.929 bits per heavy atom. The number of phenolic OH excluding ortho intramolecular Hbond substituents is 1. The maximum absolute atomic E-state index is 13.1. The lowest BCUT2D eigenvalue weighted by atomic mass is 10.2. The van der Waals surface area contributed by atoms with Crippen LogP contribution in [0.25, 0.3) is 28.7 Å². The summed E-state index contributed by atoms with van der Waals surface area (Å²) in [5.41, 5.74) is 2.07. The van der Waals surface area contributed by atoms with Gasteiger partial charge in [-0.15, -0.1) is 0 Å². The normalized spacial score (nSPS) is 11.2. The van der Waals surface area contributed by atoms with E-state index in [-0.39, 0.29) is 11.3 Å². The standard InChI is InChI=1S/C23H18N2O3/c1-28-19-13-6-16(7-14-19)8-15-22-24-21-5-3-2-4-20(21)23(27)25(22)17-9-11-18(26)12-10-17/h2-15,26H,1H3/b15-8+. The first-order valence-electron chi connectivity index (χ1n) is 8.79. The minimum Gasteiger partial charge on any atom is -0.508 e. The maximum Gasteiger partial charge on any atom is 0.266 e. The third-order valence-electron chi connectivity index (χ3n) is 4.45. The number of phenols is 1. The van der Waals surface area contributed by atoms with Gasteiger partial charge in [0.2, 0.25) is 0 Å². The molecule has 0 aliphatic heterocycles. The summed E-state index contributed by atoms with van der Waals surface area (Å²) < 4.78 is 6.72. The van der Waals surface area contributed by atoms with E-state index in [1.807, 2.05) is 54.6 Å². The molecular formula is C23H18N2O3. The van der Waals surface area contributed by atoms with E-state index in [9.17, 15) is 9.90 Å². The van der Waals surface area contributed by atoms with Crippen LogP contribution in [0.5, 0.6) is 11.5 Å². The highest BCUT2D eigenvalue weighted by atomic mass is 16.5. The van der Waals surface area contributed by atoms with Gasteiger partial charge in [-0.25, -0.2) is 4.98 Å². The molecule has 0 spiro atoms. The smallest absolute Gasteiger partial charge is 0.266 e. The molecule has 0 radical (unpaired) electrons. The van der Waals surface area contributed by atoms with E-state index in [1.54, 1.807) is 42.0 Å². The van der Waals surface area contributed by atoms with Gasteiger partial charge in [-0.1, -0.05) is 30.3 Å². The number of hydrogen-bond acceptors (Lipinski definition) is 4. The minimum atomic E-state index is -0.161. The molecule has 0 fully saturated rings. The average molecular weight is 370 g/mol. The van der Waals surface area contributed by atoms with Crippen LogP contribution in [-0.4, -0.2) is 21.8 Å². The van der Waals surface area contributed by atoms with Crippen molar-refractivity contribution < 1.29 is 9.84 Å². The highest BCUT2D eigenvalue weighted by molar-refractivity contribution is 5.80. The minimum absolute atomic E-state index is 0.140. The average Bonchev–Trinajstić information content (AvgIpc) is 2.74. The molecule has 1 N–H and O–H groups in total. The predicted molar refractivity (Wildman–Crippen MR) is 111 cm³/mol. The Hall–Kier alpha value is -3.86. The van der Waals surface area contributed by atoms with Crippen molar-refractivity contribution in [2.24, 2.45) is 0 Å². The van der Waals surface area contributed by atoms with Gasteiger partial charge >= 0.3 is 0 Å². The van der Waals surface area contributed by atoms with Crippen LogP contribution in [0, 0.1) is 0 Å². The molecule has 0 unspecified atom stereocenters. The van der Waals surface area contributed by atoms with Crippen molar-refractivity contribution in [3.8, 4) is 17.2 Å². The molecule has 3 aromatic carbocycles. The first kappa shape index (κ1) is 17.5. The molecule has 5 nitrogen and oxygen atoms in total. The van der Waals surface area contributed by atoms with Crippen LogP contribution in [0.2, 0.25) is 0 Å². The van der Waals surface area contributed by atoms with Gasteiger partial charge in [0, 0.05) is 0 Å². The molecule has 138 valence electrons. The van der Waals surface area contributed by atoms with Gasteiger partial charge in [-0.05, 0) is 60.2 Å².